The second-order valence-corrected chi connectivity index (χ2v) is 8.28. The SMILES string of the molecule is O=C(Nc1nc(CCC(=O)N2CCOCC2)cn1-c1ccccc1)c1cccc(-c2cn[nH]c2)c1. The molecule has 0 atom stereocenters. The van der Waals surface area contributed by atoms with E-state index in [4.69, 9.17) is 4.74 Å². The first-order valence-electron chi connectivity index (χ1n) is 11.6. The first-order valence-corrected chi connectivity index (χ1v) is 11.6. The van der Waals surface area contributed by atoms with Crippen molar-refractivity contribution in [1.82, 2.24) is 24.6 Å². The van der Waals surface area contributed by atoms with Gasteiger partial charge in [0.1, 0.15) is 0 Å². The van der Waals surface area contributed by atoms with Crippen LogP contribution in [0, 0.1) is 0 Å². The van der Waals surface area contributed by atoms with Crippen LogP contribution in [0.5, 0.6) is 0 Å². The number of nitrogens with one attached hydrogen (secondary N) is 2. The Labute approximate surface area is 202 Å². The number of ether oxygens (including phenoxy) is 1. The van der Waals surface area contributed by atoms with Crippen LogP contribution in [0.4, 0.5) is 5.95 Å². The predicted octanol–water partition coefficient (Wildman–Crippen LogP) is 3.31. The summed E-state index contributed by atoms with van der Waals surface area (Å²) in [6.07, 6.45) is 6.20. The van der Waals surface area contributed by atoms with Crippen molar-refractivity contribution in [3.8, 4) is 16.8 Å². The third-order valence-corrected chi connectivity index (χ3v) is 5.93. The molecule has 5 rings (SSSR count). The Morgan fingerprint density at radius 2 is 1.86 bits per heavy atom. The molecule has 2 aromatic carbocycles. The van der Waals surface area contributed by atoms with E-state index in [-0.39, 0.29) is 11.8 Å². The molecule has 1 aliphatic rings. The lowest BCUT2D eigenvalue weighted by atomic mass is 10.1. The molecule has 2 amide bonds. The maximum atomic E-state index is 13.1. The number of H-pyrrole nitrogens is 1. The Bertz CT molecular complexity index is 1290. The number of nitrogens with zero attached hydrogens (tertiary/aromatic N) is 4. The normalized spacial score (nSPS) is 13.5. The monoisotopic (exact) mass is 470 g/mol. The molecule has 0 bridgehead atoms. The number of morpholine rings is 1. The van der Waals surface area contributed by atoms with Crippen LogP contribution < -0.4 is 5.32 Å². The summed E-state index contributed by atoms with van der Waals surface area (Å²) in [6, 6.07) is 17.0. The maximum Gasteiger partial charge on any atom is 0.258 e. The van der Waals surface area contributed by atoms with Crippen molar-refractivity contribution < 1.29 is 14.3 Å². The molecule has 0 spiro atoms. The van der Waals surface area contributed by atoms with Crippen LogP contribution in [0.1, 0.15) is 22.5 Å². The minimum Gasteiger partial charge on any atom is -0.378 e. The quantitative estimate of drug-likeness (QED) is 0.431. The van der Waals surface area contributed by atoms with Gasteiger partial charge in [0.05, 0.1) is 25.1 Å². The third-order valence-electron chi connectivity index (χ3n) is 5.93. The fraction of sp³-hybridized carbons (Fsp3) is 0.231. The van der Waals surface area contributed by atoms with Crippen molar-refractivity contribution in [2.75, 3.05) is 31.6 Å². The van der Waals surface area contributed by atoms with Gasteiger partial charge in [-0.25, -0.2) is 4.98 Å². The zero-order valence-corrected chi connectivity index (χ0v) is 19.2. The number of amides is 2. The minimum atomic E-state index is -0.269. The number of anilines is 1. The van der Waals surface area contributed by atoms with Crippen LogP contribution >= 0.6 is 0 Å². The van der Waals surface area contributed by atoms with Crippen LogP contribution in [0.2, 0.25) is 0 Å². The van der Waals surface area contributed by atoms with Crippen LogP contribution in [0.3, 0.4) is 0 Å². The summed E-state index contributed by atoms with van der Waals surface area (Å²) >= 11 is 0. The topological polar surface area (TPSA) is 105 Å². The first kappa shape index (κ1) is 22.5. The molecule has 1 saturated heterocycles. The summed E-state index contributed by atoms with van der Waals surface area (Å²) in [4.78, 5) is 32.2. The molecule has 2 aromatic heterocycles. The van der Waals surface area contributed by atoms with Gasteiger partial charge >= 0.3 is 0 Å². The van der Waals surface area contributed by atoms with Crippen molar-refractivity contribution in [3.05, 3.63) is 84.4 Å². The van der Waals surface area contributed by atoms with Gasteiger partial charge in [0.25, 0.3) is 5.91 Å². The zero-order valence-electron chi connectivity index (χ0n) is 19.2. The molecule has 0 aliphatic carbocycles. The predicted molar refractivity (Wildman–Crippen MR) is 131 cm³/mol. The standard InChI is InChI=1S/C26H26N6O3/c33-24(31-11-13-35-14-12-31)10-9-22-18-32(23-7-2-1-3-8-23)26(29-22)30-25(34)20-6-4-5-19(15-20)21-16-27-28-17-21/h1-8,15-18H,9-14H2,(H,27,28)(H,29,30,34). The van der Waals surface area contributed by atoms with E-state index < -0.39 is 0 Å². The summed E-state index contributed by atoms with van der Waals surface area (Å²) in [6.45, 7) is 2.39. The number of carbonyl (C=O) groups is 2. The summed E-state index contributed by atoms with van der Waals surface area (Å²) in [5.74, 6) is 0.224. The zero-order chi connectivity index (χ0) is 24.0. The summed E-state index contributed by atoms with van der Waals surface area (Å²) in [5, 5.41) is 9.71. The number of aromatic nitrogens is 4. The lowest BCUT2D eigenvalue weighted by Gasteiger charge is -2.26. The Hall–Kier alpha value is -4.24. The minimum absolute atomic E-state index is 0.0872. The highest BCUT2D eigenvalue weighted by Crippen LogP contribution is 2.22. The van der Waals surface area contributed by atoms with Crippen molar-refractivity contribution in [2.45, 2.75) is 12.8 Å². The summed E-state index contributed by atoms with van der Waals surface area (Å²) in [5.41, 5.74) is 3.90. The van der Waals surface area contributed by atoms with Crippen LogP contribution in [0.25, 0.3) is 16.8 Å². The van der Waals surface area contributed by atoms with E-state index in [9.17, 15) is 9.59 Å². The number of para-hydroxylation sites is 1. The average Bonchev–Trinajstić information content (AvgIpc) is 3.59. The molecule has 35 heavy (non-hydrogen) atoms. The summed E-state index contributed by atoms with van der Waals surface area (Å²) < 4.78 is 7.17. The molecule has 178 valence electrons. The number of benzene rings is 2. The third kappa shape index (κ3) is 5.30. The van der Waals surface area contributed by atoms with Crippen molar-refractivity contribution >= 4 is 17.8 Å². The molecule has 9 nitrogen and oxygen atoms in total. The molecule has 2 N–H and O–H groups in total. The number of aryl methyl sites for hydroxylation is 1. The van der Waals surface area contributed by atoms with Gasteiger partial charge in [-0.3, -0.25) is 24.6 Å². The Morgan fingerprint density at radius 1 is 1.03 bits per heavy atom. The second kappa shape index (κ2) is 10.4. The Balaban J connectivity index is 1.35. The van der Waals surface area contributed by atoms with E-state index in [0.29, 0.717) is 50.7 Å². The highest BCUT2D eigenvalue weighted by Gasteiger charge is 2.19. The van der Waals surface area contributed by atoms with Gasteiger partial charge in [0.2, 0.25) is 11.9 Å². The summed E-state index contributed by atoms with van der Waals surface area (Å²) in [7, 11) is 0. The lowest BCUT2D eigenvalue weighted by Crippen LogP contribution is -2.40. The maximum absolute atomic E-state index is 13.1. The van der Waals surface area contributed by atoms with E-state index in [1.807, 2.05) is 64.2 Å². The van der Waals surface area contributed by atoms with Crippen LogP contribution in [-0.4, -0.2) is 62.8 Å². The van der Waals surface area contributed by atoms with Gasteiger partial charge in [-0.05, 0) is 29.8 Å². The van der Waals surface area contributed by atoms with Gasteiger partial charge in [-0.1, -0.05) is 30.3 Å². The van der Waals surface area contributed by atoms with E-state index in [2.05, 4.69) is 20.5 Å². The van der Waals surface area contributed by atoms with Gasteiger partial charge in [0, 0.05) is 55.1 Å². The van der Waals surface area contributed by atoms with Gasteiger partial charge < -0.3 is 9.64 Å². The van der Waals surface area contributed by atoms with E-state index in [1.54, 1.807) is 18.5 Å². The van der Waals surface area contributed by atoms with Gasteiger partial charge in [-0.2, -0.15) is 5.10 Å². The van der Waals surface area contributed by atoms with Crippen molar-refractivity contribution in [2.24, 2.45) is 0 Å². The fourth-order valence-corrected chi connectivity index (χ4v) is 4.05. The van der Waals surface area contributed by atoms with Crippen LogP contribution in [-0.2, 0) is 16.0 Å². The molecular formula is C26H26N6O3. The molecule has 1 aliphatic heterocycles. The van der Waals surface area contributed by atoms with Gasteiger partial charge in [-0.15, -0.1) is 0 Å². The number of imidazole rings is 1. The molecular weight excluding hydrogens is 444 g/mol. The smallest absolute Gasteiger partial charge is 0.258 e. The lowest BCUT2D eigenvalue weighted by molar-refractivity contribution is -0.135. The number of aromatic amines is 1. The highest BCUT2D eigenvalue weighted by molar-refractivity contribution is 6.04. The molecule has 3 heterocycles. The van der Waals surface area contributed by atoms with Crippen molar-refractivity contribution in [1.29, 1.82) is 0 Å². The number of rotatable bonds is 7. The molecule has 0 saturated carbocycles. The van der Waals surface area contributed by atoms with Crippen molar-refractivity contribution in [3.63, 3.8) is 0 Å². The van der Waals surface area contributed by atoms with Gasteiger partial charge in [0.15, 0.2) is 0 Å². The first-order chi connectivity index (χ1) is 17.2. The molecule has 4 aromatic rings. The Morgan fingerprint density at radius 3 is 2.63 bits per heavy atom. The van der Waals surface area contributed by atoms with E-state index >= 15 is 0 Å². The average molecular weight is 471 g/mol. The largest absolute Gasteiger partial charge is 0.378 e. The van der Waals surface area contributed by atoms with Crippen LogP contribution in [0.15, 0.2) is 73.2 Å². The molecule has 0 radical (unpaired) electrons. The van der Waals surface area contributed by atoms with E-state index in [0.717, 1.165) is 22.5 Å². The fourth-order valence-electron chi connectivity index (χ4n) is 4.05. The molecule has 0 unspecified atom stereocenters. The van der Waals surface area contributed by atoms with E-state index in [1.165, 1.54) is 0 Å². The number of carbonyl (C=O) groups excluding carboxylic acids is 2. The number of hydrogen-bond donors (Lipinski definition) is 2. The highest BCUT2D eigenvalue weighted by atomic mass is 16.5. The molecule has 9 heteroatoms. The molecule has 1 fully saturated rings. The Kier molecular flexibility index (Phi) is 6.67. The second-order valence-electron chi connectivity index (χ2n) is 8.28. The number of hydrogen-bond acceptors (Lipinski definition) is 5.